The molecule has 6 nitrogen and oxygen atoms in total. The van der Waals surface area contributed by atoms with Gasteiger partial charge in [-0.1, -0.05) is 19.1 Å². The second-order valence-corrected chi connectivity index (χ2v) is 7.05. The fraction of sp³-hybridized carbons (Fsp3) is 0.167. The Hall–Kier alpha value is -3.80. The van der Waals surface area contributed by atoms with Crippen LogP contribution in [0.25, 0.3) is 22.6 Å². The van der Waals surface area contributed by atoms with Gasteiger partial charge in [0.2, 0.25) is 5.89 Å². The van der Waals surface area contributed by atoms with Gasteiger partial charge < -0.3 is 19.6 Å². The summed E-state index contributed by atoms with van der Waals surface area (Å²) in [4.78, 5) is 17.2. The number of aryl methyl sites for hydroxylation is 1. The van der Waals surface area contributed by atoms with Gasteiger partial charge in [0.1, 0.15) is 17.0 Å². The molecule has 0 aliphatic heterocycles. The minimum absolute atomic E-state index is 0.0197. The smallest absolute Gasteiger partial charge is 0.255 e. The molecule has 6 heteroatoms. The van der Waals surface area contributed by atoms with Crippen LogP contribution in [-0.4, -0.2) is 22.6 Å². The van der Waals surface area contributed by atoms with Crippen molar-refractivity contribution in [2.45, 2.75) is 20.3 Å². The lowest BCUT2D eigenvalue weighted by Crippen LogP contribution is -2.12. The van der Waals surface area contributed by atoms with Crippen LogP contribution >= 0.6 is 0 Å². The summed E-state index contributed by atoms with van der Waals surface area (Å²) in [6.45, 7) is 4.59. The first kappa shape index (κ1) is 19.5. The minimum Gasteiger partial charge on any atom is -0.507 e. The molecular weight excluding hydrogens is 380 g/mol. The van der Waals surface area contributed by atoms with Crippen molar-refractivity contribution >= 4 is 22.7 Å². The van der Waals surface area contributed by atoms with E-state index in [1.54, 1.807) is 30.3 Å². The van der Waals surface area contributed by atoms with Crippen LogP contribution in [0.1, 0.15) is 29.3 Å². The average Bonchev–Trinajstić information content (AvgIpc) is 3.16. The number of fused-ring (bicyclic) bond motifs is 1. The first-order valence-corrected chi connectivity index (χ1v) is 9.78. The number of nitrogens with one attached hydrogen (secondary N) is 1. The number of benzene rings is 3. The molecule has 0 fully saturated rings. The maximum absolute atomic E-state index is 12.7. The van der Waals surface area contributed by atoms with E-state index in [0.717, 1.165) is 12.0 Å². The molecule has 0 aliphatic rings. The molecule has 0 spiro atoms. The van der Waals surface area contributed by atoms with Gasteiger partial charge in [0.25, 0.3) is 5.91 Å². The summed E-state index contributed by atoms with van der Waals surface area (Å²) in [7, 11) is 0. The Balaban J connectivity index is 1.59. The van der Waals surface area contributed by atoms with Crippen molar-refractivity contribution in [2.24, 2.45) is 0 Å². The number of aromatic hydroxyl groups is 1. The molecule has 152 valence electrons. The third-order valence-corrected chi connectivity index (χ3v) is 4.60. The van der Waals surface area contributed by atoms with E-state index in [0.29, 0.717) is 46.2 Å². The van der Waals surface area contributed by atoms with Gasteiger partial charge >= 0.3 is 0 Å². The molecule has 0 bridgehead atoms. The molecule has 4 aromatic rings. The number of rotatable bonds is 6. The zero-order chi connectivity index (χ0) is 21.1. The molecule has 0 radical (unpaired) electrons. The van der Waals surface area contributed by atoms with Crippen LogP contribution in [0.2, 0.25) is 0 Å². The van der Waals surface area contributed by atoms with Crippen molar-refractivity contribution in [1.82, 2.24) is 4.98 Å². The van der Waals surface area contributed by atoms with Gasteiger partial charge in [0.15, 0.2) is 5.58 Å². The summed E-state index contributed by atoms with van der Waals surface area (Å²) in [5.74, 6) is 0.685. The van der Waals surface area contributed by atoms with E-state index in [9.17, 15) is 9.90 Å². The Labute approximate surface area is 174 Å². The summed E-state index contributed by atoms with van der Waals surface area (Å²) < 4.78 is 11.4. The summed E-state index contributed by atoms with van der Waals surface area (Å²) in [5.41, 5.74) is 3.82. The molecule has 0 atom stereocenters. The van der Waals surface area contributed by atoms with E-state index in [4.69, 9.17) is 9.15 Å². The van der Waals surface area contributed by atoms with Gasteiger partial charge in [-0.05, 0) is 67.4 Å². The van der Waals surface area contributed by atoms with E-state index in [1.165, 1.54) is 6.07 Å². The Morgan fingerprint density at radius 2 is 2.00 bits per heavy atom. The number of phenols is 1. The molecule has 30 heavy (non-hydrogen) atoms. The van der Waals surface area contributed by atoms with Crippen LogP contribution in [-0.2, 0) is 0 Å². The molecule has 0 unspecified atom stereocenters. The first-order valence-electron chi connectivity index (χ1n) is 9.78. The van der Waals surface area contributed by atoms with Crippen LogP contribution < -0.4 is 10.1 Å². The van der Waals surface area contributed by atoms with E-state index >= 15 is 0 Å². The number of phenolic OH excluding ortho intramolecular Hbond substituents is 1. The van der Waals surface area contributed by atoms with Gasteiger partial charge in [0, 0.05) is 11.3 Å². The lowest BCUT2D eigenvalue weighted by molar-refractivity contribution is 0.102. The molecule has 4 rings (SSSR count). The van der Waals surface area contributed by atoms with Gasteiger partial charge in [-0.2, -0.15) is 0 Å². The van der Waals surface area contributed by atoms with E-state index in [-0.39, 0.29) is 11.7 Å². The number of aromatic nitrogens is 1. The highest BCUT2D eigenvalue weighted by Crippen LogP contribution is 2.33. The van der Waals surface area contributed by atoms with Gasteiger partial charge in [-0.15, -0.1) is 0 Å². The van der Waals surface area contributed by atoms with E-state index in [2.05, 4.69) is 10.3 Å². The fourth-order valence-electron chi connectivity index (χ4n) is 3.09. The lowest BCUT2D eigenvalue weighted by Gasteiger charge is -2.09. The highest BCUT2D eigenvalue weighted by atomic mass is 16.5. The molecule has 0 saturated heterocycles. The van der Waals surface area contributed by atoms with Crippen molar-refractivity contribution in [1.29, 1.82) is 0 Å². The molecule has 1 aromatic heterocycles. The maximum atomic E-state index is 12.7. The van der Waals surface area contributed by atoms with Crippen molar-refractivity contribution in [2.75, 3.05) is 11.9 Å². The third-order valence-electron chi connectivity index (χ3n) is 4.60. The van der Waals surface area contributed by atoms with E-state index in [1.807, 2.05) is 38.1 Å². The number of hydrogen-bond acceptors (Lipinski definition) is 5. The molecule has 1 heterocycles. The number of hydrogen-bond donors (Lipinski definition) is 2. The number of ether oxygens (including phenoxy) is 1. The number of oxazole rings is 1. The summed E-state index contributed by atoms with van der Waals surface area (Å²) in [5, 5.41) is 13.2. The van der Waals surface area contributed by atoms with Crippen LogP contribution in [0.4, 0.5) is 5.69 Å². The third kappa shape index (κ3) is 4.12. The standard InChI is InChI=1S/C24H22N2O4/c1-3-11-29-18-6-4-5-16(13-18)23(28)25-17-8-9-21(27)19(14-17)24-26-20-12-15(2)7-10-22(20)30-24/h4-10,12-14,27H,3,11H2,1-2H3,(H,25,28). The Morgan fingerprint density at radius 1 is 1.13 bits per heavy atom. The number of carbonyl (C=O) groups excluding carboxylic acids is 1. The SMILES string of the molecule is CCCOc1cccc(C(=O)Nc2ccc(O)c(-c3nc4cc(C)ccc4o3)c2)c1. The zero-order valence-corrected chi connectivity index (χ0v) is 16.8. The zero-order valence-electron chi connectivity index (χ0n) is 16.8. The minimum atomic E-state index is -0.276. The van der Waals surface area contributed by atoms with Crippen LogP contribution in [0.3, 0.4) is 0 Å². The number of carbonyl (C=O) groups is 1. The number of amides is 1. The first-order chi connectivity index (χ1) is 14.5. The topological polar surface area (TPSA) is 84.6 Å². The Morgan fingerprint density at radius 3 is 2.83 bits per heavy atom. The molecule has 2 N–H and O–H groups in total. The van der Waals surface area contributed by atoms with Gasteiger partial charge in [-0.25, -0.2) is 4.98 Å². The number of nitrogens with zero attached hydrogens (tertiary/aromatic N) is 1. The maximum Gasteiger partial charge on any atom is 0.255 e. The van der Waals surface area contributed by atoms with Gasteiger partial charge in [0.05, 0.1) is 12.2 Å². The molecule has 0 aliphatic carbocycles. The number of anilines is 1. The Kier molecular flexibility index (Phi) is 5.39. The predicted molar refractivity (Wildman–Crippen MR) is 116 cm³/mol. The van der Waals surface area contributed by atoms with Crippen molar-refractivity contribution in [3.05, 3.63) is 71.8 Å². The Bertz CT molecular complexity index is 1210. The quantitative estimate of drug-likeness (QED) is 0.413. The summed E-state index contributed by atoms with van der Waals surface area (Å²) in [6, 6.07) is 17.5. The largest absolute Gasteiger partial charge is 0.507 e. The highest BCUT2D eigenvalue weighted by Gasteiger charge is 2.15. The summed E-state index contributed by atoms with van der Waals surface area (Å²) in [6.07, 6.45) is 0.891. The molecule has 0 saturated carbocycles. The van der Waals surface area contributed by atoms with E-state index < -0.39 is 0 Å². The lowest BCUT2D eigenvalue weighted by atomic mass is 10.1. The van der Waals surface area contributed by atoms with Gasteiger partial charge in [-0.3, -0.25) is 4.79 Å². The van der Waals surface area contributed by atoms with Crippen LogP contribution in [0.5, 0.6) is 11.5 Å². The summed E-state index contributed by atoms with van der Waals surface area (Å²) >= 11 is 0. The van der Waals surface area contributed by atoms with Crippen molar-refractivity contribution < 1.29 is 19.1 Å². The second kappa shape index (κ2) is 8.29. The van der Waals surface area contributed by atoms with Crippen LogP contribution in [0, 0.1) is 6.92 Å². The highest BCUT2D eigenvalue weighted by molar-refractivity contribution is 6.04. The normalized spacial score (nSPS) is 10.9. The monoisotopic (exact) mass is 402 g/mol. The second-order valence-electron chi connectivity index (χ2n) is 7.05. The molecule has 1 amide bonds. The fourth-order valence-corrected chi connectivity index (χ4v) is 3.09. The predicted octanol–water partition coefficient (Wildman–Crippen LogP) is 5.55. The van der Waals surface area contributed by atoms with Crippen LogP contribution in [0.15, 0.2) is 65.1 Å². The van der Waals surface area contributed by atoms with Crippen molar-refractivity contribution in [3.63, 3.8) is 0 Å². The van der Waals surface area contributed by atoms with Crippen molar-refractivity contribution in [3.8, 4) is 23.0 Å². The molecule has 3 aromatic carbocycles. The average molecular weight is 402 g/mol. The molecular formula is C24H22N2O4.